The van der Waals surface area contributed by atoms with Gasteiger partial charge in [0.15, 0.2) is 0 Å². The second kappa shape index (κ2) is 11.0. The van der Waals surface area contributed by atoms with Gasteiger partial charge in [0.05, 0.1) is 11.5 Å². The lowest BCUT2D eigenvalue weighted by molar-refractivity contribution is -0.126. The average Bonchev–Trinajstić information content (AvgIpc) is 3.05. The van der Waals surface area contributed by atoms with Crippen molar-refractivity contribution in [3.8, 4) is 5.75 Å². The third-order valence-corrected chi connectivity index (χ3v) is 9.08. The molecule has 2 aliphatic rings. The predicted molar refractivity (Wildman–Crippen MR) is 126 cm³/mol. The van der Waals surface area contributed by atoms with Crippen molar-refractivity contribution >= 4 is 15.9 Å². The maximum Gasteiger partial charge on any atom is 0.243 e. The van der Waals surface area contributed by atoms with Crippen LogP contribution in [0.3, 0.4) is 0 Å². The number of carbonyl (C=O) groups excluding carboxylic acids is 1. The number of sulfonamides is 1. The lowest BCUT2D eigenvalue weighted by atomic mass is 9.88. The van der Waals surface area contributed by atoms with E-state index in [0.29, 0.717) is 44.8 Å². The second-order valence-corrected chi connectivity index (χ2v) is 11.3. The first-order valence-corrected chi connectivity index (χ1v) is 13.4. The number of rotatable bonds is 8. The van der Waals surface area contributed by atoms with E-state index in [1.54, 1.807) is 24.3 Å². The molecular weight excluding hydrogens is 426 g/mol. The molecule has 180 valence electrons. The van der Waals surface area contributed by atoms with Gasteiger partial charge in [0.25, 0.3) is 0 Å². The van der Waals surface area contributed by atoms with Gasteiger partial charge < -0.3 is 15.0 Å². The molecule has 2 fully saturated rings. The topological polar surface area (TPSA) is 79.0 Å². The van der Waals surface area contributed by atoms with Gasteiger partial charge in [0.2, 0.25) is 15.9 Å². The highest BCUT2D eigenvalue weighted by Gasteiger charge is 2.36. The van der Waals surface area contributed by atoms with E-state index in [0.717, 1.165) is 12.8 Å². The summed E-state index contributed by atoms with van der Waals surface area (Å²) >= 11 is 0. The number of nitrogens with zero attached hydrogens (tertiary/aromatic N) is 2. The van der Waals surface area contributed by atoms with Gasteiger partial charge in [0, 0.05) is 31.1 Å². The Morgan fingerprint density at radius 2 is 1.69 bits per heavy atom. The standard InChI is InChI=1S/C24H39N3O4S/c1-4-31-21-9-11-22(12-10-21)32(29,30)27-17-13-20(14-18-27)23(28)25-19-24(26(2)3)15-7-5-6-8-16-24/h9-12,20H,4-8,13-19H2,1-3H3,(H,25,28). The summed E-state index contributed by atoms with van der Waals surface area (Å²) in [5.41, 5.74) is 0.0316. The summed E-state index contributed by atoms with van der Waals surface area (Å²) < 4.78 is 32.9. The molecule has 0 aromatic heterocycles. The fourth-order valence-electron chi connectivity index (χ4n) is 4.95. The van der Waals surface area contributed by atoms with E-state index < -0.39 is 10.0 Å². The van der Waals surface area contributed by atoms with Crippen LogP contribution in [-0.4, -0.2) is 69.4 Å². The maximum atomic E-state index is 13.0. The van der Waals surface area contributed by atoms with Crippen LogP contribution >= 0.6 is 0 Å². The molecule has 0 spiro atoms. The van der Waals surface area contributed by atoms with Crippen molar-refractivity contribution in [1.29, 1.82) is 0 Å². The van der Waals surface area contributed by atoms with E-state index in [4.69, 9.17) is 4.74 Å². The first kappa shape index (κ1) is 25.0. The van der Waals surface area contributed by atoms with Crippen molar-refractivity contribution in [2.45, 2.75) is 68.7 Å². The molecule has 3 rings (SSSR count). The molecule has 1 heterocycles. The molecular formula is C24H39N3O4S. The third-order valence-electron chi connectivity index (χ3n) is 7.17. The number of likely N-dealkylation sites (N-methyl/N-ethyl adjacent to an activating group) is 1. The number of hydrogen-bond donors (Lipinski definition) is 1. The summed E-state index contributed by atoms with van der Waals surface area (Å²) in [6.07, 6.45) is 8.27. The monoisotopic (exact) mass is 465 g/mol. The number of hydrogen-bond acceptors (Lipinski definition) is 5. The fourth-order valence-corrected chi connectivity index (χ4v) is 6.42. The molecule has 0 atom stereocenters. The molecule has 1 N–H and O–H groups in total. The Hall–Kier alpha value is -1.64. The number of amides is 1. The van der Waals surface area contributed by atoms with Gasteiger partial charge in [-0.15, -0.1) is 0 Å². The van der Waals surface area contributed by atoms with Crippen LogP contribution in [0.1, 0.15) is 58.3 Å². The lowest BCUT2D eigenvalue weighted by Crippen LogP contribution is -2.53. The van der Waals surface area contributed by atoms with E-state index in [9.17, 15) is 13.2 Å². The highest BCUT2D eigenvalue weighted by atomic mass is 32.2. The predicted octanol–water partition coefficient (Wildman–Crippen LogP) is 3.26. The van der Waals surface area contributed by atoms with E-state index in [2.05, 4.69) is 24.3 Å². The highest BCUT2D eigenvalue weighted by molar-refractivity contribution is 7.89. The Morgan fingerprint density at radius 1 is 1.09 bits per heavy atom. The molecule has 32 heavy (non-hydrogen) atoms. The van der Waals surface area contributed by atoms with Crippen molar-refractivity contribution in [3.63, 3.8) is 0 Å². The molecule has 1 saturated heterocycles. The Bertz CT molecular complexity index is 839. The summed E-state index contributed by atoms with van der Waals surface area (Å²) in [5.74, 6) is 0.589. The summed E-state index contributed by atoms with van der Waals surface area (Å²) in [4.78, 5) is 15.5. The zero-order chi connectivity index (χ0) is 23.2. The van der Waals surface area contributed by atoms with Gasteiger partial charge in [-0.3, -0.25) is 4.79 Å². The van der Waals surface area contributed by atoms with Crippen molar-refractivity contribution < 1.29 is 17.9 Å². The van der Waals surface area contributed by atoms with Crippen LogP contribution in [0, 0.1) is 5.92 Å². The Labute approximate surface area is 193 Å². The summed E-state index contributed by atoms with van der Waals surface area (Å²) in [7, 11) is 0.668. The Morgan fingerprint density at radius 3 is 2.22 bits per heavy atom. The van der Waals surface area contributed by atoms with Crippen LogP contribution in [0.2, 0.25) is 0 Å². The SMILES string of the molecule is CCOc1ccc(S(=O)(=O)N2CCC(C(=O)NCC3(N(C)C)CCCCCC3)CC2)cc1. The average molecular weight is 466 g/mol. The van der Waals surface area contributed by atoms with Gasteiger partial charge >= 0.3 is 0 Å². The minimum Gasteiger partial charge on any atom is -0.494 e. The normalized spacial score (nSPS) is 20.6. The second-order valence-electron chi connectivity index (χ2n) is 9.33. The third kappa shape index (κ3) is 5.83. The summed E-state index contributed by atoms with van der Waals surface area (Å²) in [6.45, 7) is 3.83. The minimum absolute atomic E-state index is 0.0316. The first-order valence-electron chi connectivity index (χ1n) is 12.0. The largest absolute Gasteiger partial charge is 0.494 e. The minimum atomic E-state index is -3.56. The van der Waals surface area contributed by atoms with Crippen LogP contribution < -0.4 is 10.1 Å². The number of carbonyl (C=O) groups is 1. The molecule has 1 aliphatic carbocycles. The van der Waals surface area contributed by atoms with Gasteiger partial charge in [-0.2, -0.15) is 4.31 Å². The molecule has 1 aromatic rings. The van der Waals surface area contributed by atoms with Crippen LogP contribution in [-0.2, 0) is 14.8 Å². The van der Waals surface area contributed by atoms with Gasteiger partial charge in [0.1, 0.15) is 5.75 Å². The maximum absolute atomic E-state index is 13.0. The zero-order valence-corrected chi connectivity index (χ0v) is 20.6. The van der Waals surface area contributed by atoms with E-state index in [1.807, 2.05) is 6.92 Å². The van der Waals surface area contributed by atoms with Gasteiger partial charge in [-0.1, -0.05) is 25.7 Å². The van der Waals surface area contributed by atoms with E-state index >= 15 is 0 Å². The van der Waals surface area contributed by atoms with Crippen LogP contribution in [0.15, 0.2) is 29.2 Å². The molecule has 1 aliphatic heterocycles. The molecule has 0 bridgehead atoms. The zero-order valence-electron chi connectivity index (χ0n) is 19.8. The van der Waals surface area contributed by atoms with Crippen LogP contribution in [0.4, 0.5) is 0 Å². The molecule has 0 unspecified atom stereocenters. The molecule has 8 heteroatoms. The van der Waals surface area contributed by atoms with E-state index in [1.165, 1.54) is 30.0 Å². The van der Waals surface area contributed by atoms with E-state index in [-0.39, 0.29) is 22.3 Å². The van der Waals surface area contributed by atoms with Crippen molar-refractivity contribution in [1.82, 2.24) is 14.5 Å². The lowest BCUT2D eigenvalue weighted by Gasteiger charge is -2.40. The highest BCUT2D eigenvalue weighted by Crippen LogP contribution is 2.31. The quantitative estimate of drug-likeness (QED) is 0.596. The number of benzene rings is 1. The smallest absolute Gasteiger partial charge is 0.243 e. The number of ether oxygens (including phenoxy) is 1. The molecule has 1 amide bonds. The number of piperidine rings is 1. The van der Waals surface area contributed by atoms with Crippen molar-refractivity contribution in [2.75, 3.05) is 40.3 Å². The van der Waals surface area contributed by atoms with Gasteiger partial charge in [-0.25, -0.2) is 8.42 Å². The molecule has 1 aromatic carbocycles. The van der Waals surface area contributed by atoms with Crippen molar-refractivity contribution in [2.24, 2.45) is 5.92 Å². The number of nitrogens with one attached hydrogen (secondary N) is 1. The molecule has 1 saturated carbocycles. The van der Waals surface area contributed by atoms with Crippen LogP contribution in [0.5, 0.6) is 5.75 Å². The Kier molecular flexibility index (Phi) is 8.58. The fraction of sp³-hybridized carbons (Fsp3) is 0.708. The van der Waals surface area contributed by atoms with Crippen molar-refractivity contribution in [3.05, 3.63) is 24.3 Å². The summed E-state index contributed by atoms with van der Waals surface area (Å²) in [5, 5.41) is 3.21. The van der Waals surface area contributed by atoms with Crippen LogP contribution in [0.25, 0.3) is 0 Å². The summed E-state index contributed by atoms with van der Waals surface area (Å²) in [6, 6.07) is 6.55. The Balaban J connectivity index is 1.54. The first-order chi connectivity index (χ1) is 15.3. The molecule has 7 nitrogen and oxygen atoms in total. The molecule has 0 radical (unpaired) electrons. The van der Waals surface area contributed by atoms with Gasteiger partial charge in [-0.05, 0) is 71.0 Å².